The standard InChI is InChI=1S/C17H24N4O2/c1-2-6-17(13-22)7-4-9-21(12-17)11-15-19-20-16(23-15)14-5-3-8-18-10-14/h3,5,8,10,22H,2,4,6-7,9,11-13H2,1H3. The van der Waals surface area contributed by atoms with Gasteiger partial charge in [-0.1, -0.05) is 13.3 Å². The summed E-state index contributed by atoms with van der Waals surface area (Å²) >= 11 is 0. The highest BCUT2D eigenvalue weighted by Gasteiger charge is 2.34. The fraction of sp³-hybridized carbons (Fsp3) is 0.588. The van der Waals surface area contributed by atoms with Gasteiger partial charge in [0.05, 0.1) is 12.1 Å². The predicted molar refractivity (Wildman–Crippen MR) is 86.5 cm³/mol. The van der Waals surface area contributed by atoms with Crippen LogP contribution in [0, 0.1) is 5.41 Å². The van der Waals surface area contributed by atoms with Crippen molar-refractivity contribution in [3.05, 3.63) is 30.4 Å². The molecule has 6 nitrogen and oxygen atoms in total. The van der Waals surface area contributed by atoms with Gasteiger partial charge in [-0.2, -0.15) is 0 Å². The van der Waals surface area contributed by atoms with Crippen LogP contribution in [0.1, 0.15) is 38.5 Å². The van der Waals surface area contributed by atoms with Gasteiger partial charge >= 0.3 is 0 Å². The van der Waals surface area contributed by atoms with E-state index in [-0.39, 0.29) is 12.0 Å². The van der Waals surface area contributed by atoms with Crippen LogP contribution in [0.15, 0.2) is 28.9 Å². The average molecular weight is 316 g/mol. The van der Waals surface area contributed by atoms with E-state index in [1.54, 1.807) is 12.4 Å². The van der Waals surface area contributed by atoms with Crippen molar-refractivity contribution in [3.63, 3.8) is 0 Å². The molecule has 2 aromatic heterocycles. The highest BCUT2D eigenvalue weighted by Crippen LogP contribution is 2.34. The largest absolute Gasteiger partial charge is 0.419 e. The first kappa shape index (κ1) is 16.1. The summed E-state index contributed by atoms with van der Waals surface area (Å²) < 4.78 is 5.77. The minimum absolute atomic E-state index is 0.0270. The van der Waals surface area contributed by atoms with E-state index in [0.29, 0.717) is 18.3 Å². The van der Waals surface area contributed by atoms with Crippen LogP contribution in [-0.2, 0) is 6.54 Å². The highest BCUT2D eigenvalue weighted by atomic mass is 16.4. The Labute approximate surface area is 136 Å². The topological polar surface area (TPSA) is 75.3 Å². The summed E-state index contributed by atoms with van der Waals surface area (Å²) in [7, 11) is 0. The molecule has 23 heavy (non-hydrogen) atoms. The van der Waals surface area contributed by atoms with Gasteiger partial charge in [-0.15, -0.1) is 10.2 Å². The van der Waals surface area contributed by atoms with Crippen molar-refractivity contribution >= 4 is 0 Å². The average Bonchev–Trinajstić information content (AvgIpc) is 3.05. The van der Waals surface area contributed by atoms with Crippen LogP contribution in [-0.4, -0.2) is 44.9 Å². The summed E-state index contributed by atoms with van der Waals surface area (Å²) in [6.07, 6.45) is 7.79. The zero-order valence-corrected chi connectivity index (χ0v) is 13.6. The molecule has 3 heterocycles. The minimum Gasteiger partial charge on any atom is -0.419 e. The predicted octanol–water partition coefficient (Wildman–Crippen LogP) is 2.51. The van der Waals surface area contributed by atoms with Crippen LogP contribution in [0.3, 0.4) is 0 Å². The van der Waals surface area contributed by atoms with E-state index in [1.807, 2.05) is 12.1 Å². The van der Waals surface area contributed by atoms with Crippen molar-refractivity contribution in [3.8, 4) is 11.5 Å². The second-order valence-electron chi connectivity index (χ2n) is 6.46. The number of nitrogens with zero attached hydrogens (tertiary/aromatic N) is 4. The zero-order chi connectivity index (χ0) is 16.1. The third-order valence-electron chi connectivity index (χ3n) is 4.59. The molecule has 1 atom stereocenters. The van der Waals surface area contributed by atoms with Gasteiger partial charge in [0.15, 0.2) is 0 Å². The van der Waals surface area contributed by atoms with Crippen molar-refractivity contribution in [1.82, 2.24) is 20.1 Å². The number of aromatic nitrogens is 3. The second-order valence-corrected chi connectivity index (χ2v) is 6.46. The third kappa shape index (κ3) is 3.76. The Bertz CT molecular complexity index is 612. The molecular weight excluding hydrogens is 292 g/mol. The number of aliphatic hydroxyl groups is 1. The maximum atomic E-state index is 9.82. The van der Waals surface area contributed by atoms with Gasteiger partial charge in [0.1, 0.15) is 0 Å². The monoisotopic (exact) mass is 316 g/mol. The van der Waals surface area contributed by atoms with Crippen molar-refractivity contribution < 1.29 is 9.52 Å². The maximum absolute atomic E-state index is 9.82. The van der Waals surface area contributed by atoms with Gasteiger partial charge in [-0.3, -0.25) is 9.88 Å². The lowest BCUT2D eigenvalue weighted by atomic mass is 9.77. The van der Waals surface area contributed by atoms with Gasteiger partial charge in [-0.25, -0.2) is 0 Å². The lowest BCUT2D eigenvalue weighted by Gasteiger charge is -2.41. The van der Waals surface area contributed by atoms with Crippen molar-refractivity contribution in [2.24, 2.45) is 5.41 Å². The van der Waals surface area contributed by atoms with Crippen LogP contribution in [0.4, 0.5) is 0 Å². The molecule has 1 unspecified atom stereocenters. The maximum Gasteiger partial charge on any atom is 0.249 e. The summed E-state index contributed by atoms with van der Waals surface area (Å²) in [6.45, 7) is 4.97. The highest BCUT2D eigenvalue weighted by molar-refractivity contribution is 5.49. The molecule has 1 aliphatic heterocycles. The number of pyridine rings is 1. The summed E-state index contributed by atoms with van der Waals surface area (Å²) in [4.78, 5) is 6.39. The fourth-order valence-corrected chi connectivity index (χ4v) is 3.50. The van der Waals surface area contributed by atoms with Crippen molar-refractivity contribution in [2.45, 2.75) is 39.2 Å². The van der Waals surface area contributed by atoms with Crippen molar-refractivity contribution in [1.29, 1.82) is 0 Å². The molecule has 0 aromatic carbocycles. The molecule has 124 valence electrons. The summed E-state index contributed by atoms with van der Waals surface area (Å²) in [6, 6.07) is 3.76. The molecule has 1 fully saturated rings. The van der Waals surface area contributed by atoms with Crippen LogP contribution in [0.25, 0.3) is 11.5 Å². The quantitative estimate of drug-likeness (QED) is 0.882. The van der Waals surface area contributed by atoms with E-state index in [4.69, 9.17) is 4.42 Å². The van der Waals surface area contributed by atoms with E-state index in [0.717, 1.165) is 44.3 Å². The molecule has 6 heteroatoms. The Hall–Kier alpha value is -1.79. The molecule has 0 aliphatic carbocycles. The first-order chi connectivity index (χ1) is 11.2. The van der Waals surface area contributed by atoms with Gasteiger partial charge in [0.25, 0.3) is 0 Å². The van der Waals surface area contributed by atoms with E-state index in [9.17, 15) is 5.11 Å². The molecule has 0 radical (unpaired) electrons. The molecule has 1 saturated heterocycles. The zero-order valence-electron chi connectivity index (χ0n) is 13.6. The molecule has 1 aliphatic rings. The number of aliphatic hydroxyl groups excluding tert-OH is 1. The lowest BCUT2D eigenvalue weighted by molar-refractivity contribution is 0.0185. The molecule has 2 aromatic rings. The minimum atomic E-state index is 0.0270. The van der Waals surface area contributed by atoms with E-state index in [2.05, 4.69) is 27.0 Å². The van der Waals surface area contributed by atoms with Crippen LogP contribution in [0.5, 0.6) is 0 Å². The normalized spacial score (nSPS) is 22.3. The Morgan fingerprint density at radius 2 is 2.30 bits per heavy atom. The number of hydrogen-bond donors (Lipinski definition) is 1. The first-order valence-electron chi connectivity index (χ1n) is 8.31. The fourth-order valence-electron chi connectivity index (χ4n) is 3.50. The molecule has 0 saturated carbocycles. The van der Waals surface area contributed by atoms with Gasteiger partial charge < -0.3 is 9.52 Å². The number of likely N-dealkylation sites (tertiary alicyclic amines) is 1. The Morgan fingerprint density at radius 1 is 1.39 bits per heavy atom. The van der Waals surface area contributed by atoms with Crippen molar-refractivity contribution in [2.75, 3.05) is 19.7 Å². The molecule has 3 rings (SSSR count). The van der Waals surface area contributed by atoms with Gasteiger partial charge in [-0.05, 0) is 37.9 Å². The Morgan fingerprint density at radius 3 is 3.04 bits per heavy atom. The van der Waals surface area contributed by atoms with E-state index < -0.39 is 0 Å². The van der Waals surface area contributed by atoms with E-state index in [1.165, 1.54) is 0 Å². The Balaban J connectivity index is 1.66. The molecule has 0 spiro atoms. The van der Waals surface area contributed by atoms with E-state index >= 15 is 0 Å². The first-order valence-corrected chi connectivity index (χ1v) is 8.31. The molecule has 0 amide bonds. The lowest BCUT2D eigenvalue weighted by Crippen LogP contribution is -2.44. The molecular formula is C17H24N4O2. The number of rotatable bonds is 6. The number of hydrogen-bond acceptors (Lipinski definition) is 6. The van der Waals surface area contributed by atoms with Gasteiger partial charge in [0, 0.05) is 31.0 Å². The van der Waals surface area contributed by atoms with Crippen LogP contribution >= 0.6 is 0 Å². The summed E-state index contributed by atoms with van der Waals surface area (Å²) in [5.74, 6) is 1.13. The SMILES string of the molecule is CCCC1(CO)CCCN(Cc2nnc(-c3cccnc3)o2)C1. The second kappa shape index (κ2) is 7.19. The summed E-state index contributed by atoms with van der Waals surface area (Å²) in [5, 5.41) is 18.1. The smallest absolute Gasteiger partial charge is 0.249 e. The third-order valence-corrected chi connectivity index (χ3v) is 4.59. The summed E-state index contributed by atoms with van der Waals surface area (Å²) in [5.41, 5.74) is 0.861. The van der Waals surface area contributed by atoms with Crippen LogP contribution in [0.2, 0.25) is 0 Å². The van der Waals surface area contributed by atoms with Gasteiger partial charge in [0.2, 0.25) is 11.8 Å². The Kier molecular flexibility index (Phi) is 5.03. The number of piperidine rings is 1. The van der Waals surface area contributed by atoms with Crippen LogP contribution < -0.4 is 0 Å². The molecule has 1 N–H and O–H groups in total. The molecule has 0 bridgehead atoms.